The molecule has 0 saturated heterocycles. The molecule has 0 aliphatic rings. The molecule has 0 fully saturated rings. The van der Waals surface area contributed by atoms with Crippen LogP contribution in [0.5, 0.6) is 0 Å². The molecule has 0 aliphatic carbocycles. The molecule has 118 valence electrons. The van der Waals surface area contributed by atoms with Crippen LogP contribution < -0.4 is 0 Å². The third kappa shape index (κ3) is 3.66. The summed E-state index contributed by atoms with van der Waals surface area (Å²) < 4.78 is 5.79. The average molecular weight is 375 g/mol. The predicted octanol–water partition coefficient (Wildman–Crippen LogP) is 6.97. The number of hydrogen-bond acceptors (Lipinski definition) is 2. The Bertz CT molecular complexity index is 967. The van der Waals surface area contributed by atoms with Gasteiger partial charge in [-0.05, 0) is 48.0 Å². The van der Waals surface area contributed by atoms with Crippen LogP contribution in [0.25, 0.3) is 23.0 Å². The van der Waals surface area contributed by atoms with Crippen LogP contribution in [0.1, 0.15) is 11.3 Å². The lowest BCUT2D eigenvalue weighted by molar-refractivity contribution is 0.572. The molecule has 1 heterocycles. The Morgan fingerprint density at radius 3 is 2.50 bits per heavy atom. The molecule has 0 aliphatic heterocycles. The lowest BCUT2D eigenvalue weighted by Gasteiger charge is -2.01. The summed E-state index contributed by atoms with van der Waals surface area (Å²) in [5.74, 6) is 1.24. The van der Waals surface area contributed by atoms with Gasteiger partial charge in [0.2, 0.25) is 0 Å². The van der Waals surface area contributed by atoms with Gasteiger partial charge in [0, 0.05) is 10.6 Å². The van der Waals surface area contributed by atoms with E-state index in [1.165, 1.54) is 0 Å². The van der Waals surface area contributed by atoms with Crippen molar-refractivity contribution in [3.05, 3.63) is 81.0 Å². The monoisotopic (exact) mass is 373 g/mol. The van der Waals surface area contributed by atoms with Crippen molar-refractivity contribution >= 4 is 46.5 Å². The minimum absolute atomic E-state index is 0.398. The standard InChI is InChI=1S/C19H10Cl3NO/c20-15-3-1-2-13(8-15)19-7-5-16(24-19)9-14(11-23)12-4-6-17(21)18(22)10-12/h1-10H/b14-9+. The lowest BCUT2D eigenvalue weighted by atomic mass is 10.1. The second-order valence-corrected chi connectivity index (χ2v) is 6.26. The van der Waals surface area contributed by atoms with E-state index in [1.807, 2.05) is 24.3 Å². The molecule has 3 rings (SSSR count). The fourth-order valence-corrected chi connectivity index (χ4v) is 2.70. The summed E-state index contributed by atoms with van der Waals surface area (Å²) in [5.41, 5.74) is 1.98. The minimum Gasteiger partial charge on any atom is -0.457 e. The van der Waals surface area contributed by atoms with Gasteiger partial charge in [0.25, 0.3) is 0 Å². The topological polar surface area (TPSA) is 36.9 Å². The van der Waals surface area contributed by atoms with E-state index in [9.17, 15) is 5.26 Å². The second-order valence-electron chi connectivity index (χ2n) is 5.01. The minimum atomic E-state index is 0.398. The van der Waals surface area contributed by atoms with Crippen LogP contribution in [-0.2, 0) is 0 Å². The van der Waals surface area contributed by atoms with Crippen LogP contribution in [0.15, 0.2) is 59.0 Å². The third-order valence-corrected chi connectivity index (χ3v) is 4.35. The largest absolute Gasteiger partial charge is 0.457 e. The number of allylic oxidation sites excluding steroid dienone is 1. The van der Waals surface area contributed by atoms with Gasteiger partial charge in [0.05, 0.1) is 21.7 Å². The Kier molecular flexibility index (Phi) is 4.97. The molecule has 0 unspecified atom stereocenters. The molecule has 0 saturated carbocycles. The Morgan fingerprint density at radius 2 is 1.79 bits per heavy atom. The van der Waals surface area contributed by atoms with E-state index >= 15 is 0 Å². The molecule has 0 amide bonds. The Labute approximate surface area is 154 Å². The van der Waals surface area contributed by atoms with Gasteiger partial charge in [-0.1, -0.05) is 53.0 Å². The first-order valence-corrected chi connectivity index (χ1v) is 8.13. The molecule has 24 heavy (non-hydrogen) atoms. The number of nitriles is 1. The zero-order valence-electron chi connectivity index (χ0n) is 12.3. The summed E-state index contributed by atoms with van der Waals surface area (Å²) in [6, 6.07) is 18.2. The molecular formula is C19H10Cl3NO. The van der Waals surface area contributed by atoms with E-state index in [1.54, 1.807) is 36.4 Å². The first kappa shape index (κ1) is 16.7. The Morgan fingerprint density at radius 1 is 0.958 bits per heavy atom. The van der Waals surface area contributed by atoms with Crippen molar-refractivity contribution in [3.63, 3.8) is 0 Å². The van der Waals surface area contributed by atoms with E-state index in [-0.39, 0.29) is 0 Å². The van der Waals surface area contributed by atoms with Gasteiger partial charge in [-0.25, -0.2) is 0 Å². The van der Waals surface area contributed by atoms with Crippen LogP contribution in [0.4, 0.5) is 0 Å². The summed E-state index contributed by atoms with van der Waals surface area (Å²) in [4.78, 5) is 0. The van der Waals surface area contributed by atoms with Gasteiger partial charge in [0.1, 0.15) is 11.5 Å². The highest BCUT2D eigenvalue weighted by atomic mass is 35.5. The predicted molar refractivity (Wildman–Crippen MR) is 99.1 cm³/mol. The highest BCUT2D eigenvalue weighted by Crippen LogP contribution is 2.29. The van der Waals surface area contributed by atoms with Gasteiger partial charge in [-0.2, -0.15) is 5.26 Å². The number of nitrogens with zero attached hydrogens (tertiary/aromatic N) is 1. The molecule has 0 bridgehead atoms. The molecule has 2 aromatic carbocycles. The van der Waals surface area contributed by atoms with Crippen LogP contribution in [0, 0.1) is 11.3 Å². The quantitative estimate of drug-likeness (QED) is 0.464. The van der Waals surface area contributed by atoms with Crippen molar-refractivity contribution < 1.29 is 4.42 Å². The van der Waals surface area contributed by atoms with E-state index in [2.05, 4.69) is 6.07 Å². The second kappa shape index (κ2) is 7.15. The number of benzene rings is 2. The molecule has 1 aromatic heterocycles. The first-order chi connectivity index (χ1) is 11.6. The van der Waals surface area contributed by atoms with Crippen LogP contribution >= 0.6 is 34.8 Å². The van der Waals surface area contributed by atoms with E-state index in [4.69, 9.17) is 39.2 Å². The highest BCUT2D eigenvalue weighted by molar-refractivity contribution is 6.42. The SMILES string of the molecule is N#C/C(=C\c1ccc(-c2cccc(Cl)c2)o1)c1ccc(Cl)c(Cl)c1. The molecule has 0 N–H and O–H groups in total. The number of rotatable bonds is 3. The normalized spacial score (nSPS) is 11.3. The molecular weight excluding hydrogens is 365 g/mol. The Hall–Kier alpha value is -2.18. The maximum Gasteiger partial charge on any atom is 0.134 e. The molecule has 2 nitrogen and oxygen atoms in total. The van der Waals surface area contributed by atoms with Crippen molar-refractivity contribution in [3.8, 4) is 17.4 Å². The fourth-order valence-electron chi connectivity index (χ4n) is 2.21. The van der Waals surface area contributed by atoms with Crippen molar-refractivity contribution in [2.24, 2.45) is 0 Å². The van der Waals surface area contributed by atoms with Gasteiger partial charge in [0.15, 0.2) is 0 Å². The highest BCUT2D eigenvalue weighted by Gasteiger charge is 2.08. The average Bonchev–Trinajstić information content (AvgIpc) is 3.04. The van der Waals surface area contributed by atoms with Gasteiger partial charge >= 0.3 is 0 Å². The van der Waals surface area contributed by atoms with Crippen LogP contribution in [0.2, 0.25) is 15.1 Å². The molecule has 5 heteroatoms. The summed E-state index contributed by atoms with van der Waals surface area (Å²) in [6.45, 7) is 0. The molecule has 0 radical (unpaired) electrons. The number of halogens is 3. The van der Waals surface area contributed by atoms with Crippen molar-refractivity contribution in [1.29, 1.82) is 5.26 Å². The maximum atomic E-state index is 9.41. The summed E-state index contributed by atoms with van der Waals surface area (Å²) in [6.07, 6.45) is 1.66. The van der Waals surface area contributed by atoms with Gasteiger partial charge in [-0.15, -0.1) is 0 Å². The third-order valence-electron chi connectivity index (χ3n) is 3.37. The van der Waals surface area contributed by atoms with Crippen LogP contribution in [-0.4, -0.2) is 0 Å². The summed E-state index contributed by atoms with van der Waals surface area (Å²) in [7, 11) is 0. The summed E-state index contributed by atoms with van der Waals surface area (Å²) >= 11 is 17.9. The van der Waals surface area contributed by atoms with Crippen LogP contribution in [0.3, 0.4) is 0 Å². The van der Waals surface area contributed by atoms with Crippen molar-refractivity contribution in [2.75, 3.05) is 0 Å². The van der Waals surface area contributed by atoms with E-state index in [0.29, 0.717) is 37.7 Å². The number of hydrogen-bond donors (Lipinski definition) is 0. The Balaban J connectivity index is 1.95. The first-order valence-electron chi connectivity index (χ1n) is 7.00. The smallest absolute Gasteiger partial charge is 0.134 e. The molecule has 0 atom stereocenters. The summed E-state index contributed by atoms with van der Waals surface area (Å²) in [5, 5.41) is 10.9. The maximum absolute atomic E-state index is 9.41. The zero-order valence-corrected chi connectivity index (χ0v) is 14.5. The van der Waals surface area contributed by atoms with E-state index in [0.717, 1.165) is 5.56 Å². The van der Waals surface area contributed by atoms with Gasteiger partial charge < -0.3 is 4.42 Å². The van der Waals surface area contributed by atoms with Crippen molar-refractivity contribution in [2.45, 2.75) is 0 Å². The molecule has 0 spiro atoms. The zero-order chi connectivity index (χ0) is 17.1. The van der Waals surface area contributed by atoms with Crippen molar-refractivity contribution in [1.82, 2.24) is 0 Å². The fraction of sp³-hybridized carbons (Fsp3) is 0. The lowest BCUT2D eigenvalue weighted by Crippen LogP contribution is -1.82. The number of furan rings is 1. The van der Waals surface area contributed by atoms with Gasteiger partial charge in [-0.3, -0.25) is 0 Å². The van der Waals surface area contributed by atoms with E-state index < -0.39 is 0 Å². The molecule has 3 aromatic rings.